The Labute approximate surface area is 116 Å². The summed E-state index contributed by atoms with van der Waals surface area (Å²) in [6.45, 7) is 7.42. The monoisotopic (exact) mass is 269 g/mol. The number of nitrogen functional groups attached to an aromatic ring is 1. The van der Waals surface area contributed by atoms with Gasteiger partial charge in [0.2, 0.25) is 0 Å². The molecule has 2 N–H and O–H groups in total. The van der Waals surface area contributed by atoms with Gasteiger partial charge in [0.25, 0.3) is 0 Å². The van der Waals surface area contributed by atoms with E-state index in [0.29, 0.717) is 16.8 Å². The number of likely N-dealkylation sites (N-methyl/N-ethyl adjacent to an activating group) is 2. The molecule has 18 heavy (non-hydrogen) atoms. The highest BCUT2D eigenvalue weighted by Crippen LogP contribution is 2.21. The zero-order chi connectivity index (χ0) is 13.7. The van der Waals surface area contributed by atoms with E-state index in [9.17, 15) is 0 Å². The van der Waals surface area contributed by atoms with Crippen LogP contribution in [0.4, 0.5) is 5.69 Å². The van der Waals surface area contributed by atoms with E-state index in [1.165, 1.54) is 5.56 Å². The van der Waals surface area contributed by atoms with Crippen LogP contribution in [-0.4, -0.2) is 43.0 Å². The minimum Gasteiger partial charge on any atom is -0.398 e. The molecule has 0 aliphatic rings. The van der Waals surface area contributed by atoms with Gasteiger partial charge < -0.3 is 10.6 Å². The zero-order valence-corrected chi connectivity index (χ0v) is 12.5. The predicted molar refractivity (Wildman–Crippen MR) is 80.0 cm³/mol. The number of hydrogen-bond donors (Lipinski definition) is 1. The molecule has 0 saturated heterocycles. The Morgan fingerprint density at radius 2 is 2.00 bits per heavy atom. The Morgan fingerprint density at radius 1 is 1.33 bits per heavy atom. The van der Waals surface area contributed by atoms with Gasteiger partial charge in [-0.3, -0.25) is 4.90 Å². The Hall–Kier alpha value is -0.770. The lowest BCUT2D eigenvalue weighted by molar-refractivity contribution is 0.174. The molecule has 0 saturated carbocycles. The second-order valence-corrected chi connectivity index (χ2v) is 5.44. The molecule has 0 amide bonds. The lowest BCUT2D eigenvalue weighted by atomic mass is 10.1. The molecule has 0 aliphatic heterocycles. The fraction of sp³-hybridized carbons (Fsp3) is 0.571. The summed E-state index contributed by atoms with van der Waals surface area (Å²) in [5.41, 5.74) is 7.58. The topological polar surface area (TPSA) is 32.5 Å². The second kappa shape index (κ2) is 6.98. The summed E-state index contributed by atoms with van der Waals surface area (Å²) in [7, 11) is 4.20. The summed E-state index contributed by atoms with van der Waals surface area (Å²) < 4.78 is 0. The van der Waals surface area contributed by atoms with Gasteiger partial charge in [-0.15, -0.1) is 0 Å². The Balaban J connectivity index is 2.70. The van der Waals surface area contributed by atoms with Crippen LogP contribution in [0.3, 0.4) is 0 Å². The molecule has 3 nitrogen and oxygen atoms in total. The van der Waals surface area contributed by atoms with Crippen LogP contribution in [0.1, 0.15) is 19.4 Å². The Bertz CT molecular complexity index is 379. The van der Waals surface area contributed by atoms with Crippen LogP contribution in [0.25, 0.3) is 0 Å². The minimum absolute atomic E-state index is 0.515. The third kappa shape index (κ3) is 4.48. The quantitative estimate of drug-likeness (QED) is 0.806. The van der Waals surface area contributed by atoms with Gasteiger partial charge in [-0.1, -0.05) is 24.6 Å². The van der Waals surface area contributed by atoms with Crippen molar-refractivity contribution in [1.29, 1.82) is 0 Å². The molecule has 102 valence electrons. The van der Waals surface area contributed by atoms with Crippen molar-refractivity contribution in [2.45, 2.75) is 26.4 Å². The molecule has 1 unspecified atom stereocenters. The molecule has 1 atom stereocenters. The minimum atomic E-state index is 0.515. The van der Waals surface area contributed by atoms with Crippen molar-refractivity contribution in [3.8, 4) is 0 Å². The van der Waals surface area contributed by atoms with E-state index in [0.717, 1.165) is 19.6 Å². The van der Waals surface area contributed by atoms with E-state index in [1.807, 2.05) is 18.2 Å². The summed E-state index contributed by atoms with van der Waals surface area (Å²) in [5.74, 6) is 0. The molecular weight excluding hydrogens is 246 g/mol. The molecule has 1 rings (SSSR count). The van der Waals surface area contributed by atoms with Crippen LogP contribution in [-0.2, 0) is 6.54 Å². The highest BCUT2D eigenvalue weighted by atomic mass is 35.5. The molecule has 1 aromatic carbocycles. The van der Waals surface area contributed by atoms with Crippen LogP contribution in [0, 0.1) is 0 Å². The van der Waals surface area contributed by atoms with Crippen LogP contribution in [0.5, 0.6) is 0 Å². The molecule has 0 fully saturated rings. The lowest BCUT2D eigenvalue weighted by Gasteiger charge is -2.30. The first kappa shape index (κ1) is 15.3. The van der Waals surface area contributed by atoms with Gasteiger partial charge in [0.15, 0.2) is 0 Å². The average Bonchev–Trinajstić information content (AvgIpc) is 2.29. The standard InChI is InChI=1S/C14H24ClN3/c1-5-18(11(2)9-17(3)4)10-12-6-7-14(16)13(15)8-12/h6-8,11H,5,9-10,16H2,1-4H3. The van der Waals surface area contributed by atoms with Gasteiger partial charge in [0.05, 0.1) is 10.7 Å². The molecule has 0 radical (unpaired) electrons. The van der Waals surface area contributed by atoms with Gasteiger partial charge in [-0.2, -0.15) is 0 Å². The largest absolute Gasteiger partial charge is 0.398 e. The molecule has 4 heteroatoms. The maximum Gasteiger partial charge on any atom is 0.0638 e. The smallest absolute Gasteiger partial charge is 0.0638 e. The van der Waals surface area contributed by atoms with Gasteiger partial charge in [-0.25, -0.2) is 0 Å². The van der Waals surface area contributed by atoms with E-state index >= 15 is 0 Å². The van der Waals surface area contributed by atoms with E-state index in [-0.39, 0.29) is 0 Å². The van der Waals surface area contributed by atoms with Gasteiger partial charge in [-0.05, 0) is 45.3 Å². The number of halogens is 1. The summed E-state index contributed by atoms with van der Waals surface area (Å²) in [5, 5.41) is 0.642. The summed E-state index contributed by atoms with van der Waals surface area (Å²) in [6.07, 6.45) is 0. The first-order valence-corrected chi connectivity index (χ1v) is 6.74. The van der Waals surface area contributed by atoms with E-state index in [4.69, 9.17) is 17.3 Å². The van der Waals surface area contributed by atoms with Crippen LogP contribution in [0.15, 0.2) is 18.2 Å². The number of rotatable bonds is 6. The fourth-order valence-electron chi connectivity index (χ4n) is 2.13. The second-order valence-electron chi connectivity index (χ2n) is 5.03. The highest BCUT2D eigenvalue weighted by molar-refractivity contribution is 6.33. The number of benzene rings is 1. The van der Waals surface area contributed by atoms with Crippen molar-refractivity contribution >= 4 is 17.3 Å². The summed E-state index contributed by atoms with van der Waals surface area (Å²) >= 11 is 6.05. The van der Waals surface area contributed by atoms with Crippen molar-refractivity contribution in [2.75, 3.05) is 32.9 Å². The Morgan fingerprint density at radius 3 is 2.50 bits per heavy atom. The van der Waals surface area contributed by atoms with Gasteiger partial charge in [0, 0.05) is 19.1 Å². The third-order valence-corrected chi connectivity index (χ3v) is 3.44. The molecule has 0 aromatic heterocycles. The number of anilines is 1. The van der Waals surface area contributed by atoms with Crippen LogP contribution < -0.4 is 5.73 Å². The molecule has 0 heterocycles. The first-order valence-electron chi connectivity index (χ1n) is 6.36. The van der Waals surface area contributed by atoms with Gasteiger partial charge in [0.1, 0.15) is 0 Å². The number of nitrogens with zero attached hydrogens (tertiary/aromatic N) is 2. The third-order valence-electron chi connectivity index (χ3n) is 3.11. The van der Waals surface area contributed by atoms with E-state index in [1.54, 1.807) is 0 Å². The highest BCUT2D eigenvalue weighted by Gasteiger charge is 2.13. The summed E-state index contributed by atoms with van der Waals surface area (Å²) in [6, 6.07) is 6.40. The van der Waals surface area contributed by atoms with Crippen molar-refractivity contribution in [3.63, 3.8) is 0 Å². The SMILES string of the molecule is CCN(Cc1ccc(N)c(Cl)c1)C(C)CN(C)C. The Kier molecular flexibility index (Phi) is 5.93. The van der Waals surface area contributed by atoms with Gasteiger partial charge >= 0.3 is 0 Å². The summed E-state index contributed by atoms with van der Waals surface area (Å²) in [4.78, 5) is 4.64. The maximum absolute atomic E-state index is 6.05. The lowest BCUT2D eigenvalue weighted by Crippen LogP contribution is -2.39. The van der Waals surface area contributed by atoms with Crippen LogP contribution in [0.2, 0.25) is 5.02 Å². The van der Waals surface area contributed by atoms with Crippen molar-refractivity contribution < 1.29 is 0 Å². The van der Waals surface area contributed by atoms with E-state index in [2.05, 4.69) is 37.7 Å². The normalized spacial score (nSPS) is 13.3. The zero-order valence-electron chi connectivity index (χ0n) is 11.8. The predicted octanol–water partition coefficient (Wildman–Crippen LogP) is 2.69. The van der Waals surface area contributed by atoms with Crippen molar-refractivity contribution in [1.82, 2.24) is 9.80 Å². The number of nitrogens with two attached hydrogens (primary N) is 1. The molecule has 1 aromatic rings. The van der Waals surface area contributed by atoms with Crippen LogP contribution >= 0.6 is 11.6 Å². The average molecular weight is 270 g/mol. The molecule has 0 aliphatic carbocycles. The van der Waals surface area contributed by atoms with Crippen molar-refractivity contribution in [3.05, 3.63) is 28.8 Å². The molecular formula is C14H24ClN3. The molecule has 0 spiro atoms. The van der Waals surface area contributed by atoms with Crippen molar-refractivity contribution in [2.24, 2.45) is 0 Å². The maximum atomic E-state index is 6.05. The van der Waals surface area contributed by atoms with E-state index < -0.39 is 0 Å². The first-order chi connectivity index (χ1) is 8.43. The number of hydrogen-bond acceptors (Lipinski definition) is 3. The molecule has 0 bridgehead atoms. The fourth-order valence-corrected chi connectivity index (χ4v) is 2.33.